The average Bonchev–Trinajstić information content (AvgIpc) is 2.50. The van der Waals surface area contributed by atoms with Crippen molar-refractivity contribution in [3.8, 4) is 0 Å². The van der Waals surface area contributed by atoms with E-state index in [0.29, 0.717) is 6.04 Å². The van der Waals surface area contributed by atoms with Gasteiger partial charge in [-0.3, -0.25) is 0 Å². The van der Waals surface area contributed by atoms with Gasteiger partial charge < -0.3 is 0 Å². The van der Waals surface area contributed by atoms with Crippen LogP contribution in [0.15, 0.2) is 12.7 Å². The van der Waals surface area contributed by atoms with E-state index in [-0.39, 0.29) is 0 Å². The Labute approximate surface area is 67.7 Å². The Kier molecular flexibility index (Phi) is 2.63. The van der Waals surface area contributed by atoms with Crippen molar-refractivity contribution in [3.05, 3.63) is 12.7 Å². The van der Waals surface area contributed by atoms with Gasteiger partial charge in [0, 0.05) is 5.10 Å². The third-order valence-corrected chi connectivity index (χ3v) is 2.01. The molecule has 0 N–H and O–H groups in total. The van der Waals surface area contributed by atoms with Crippen molar-refractivity contribution in [2.24, 2.45) is 0 Å². The lowest BCUT2D eigenvalue weighted by Gasteiger charge is -1.98. The first kappa shape index (κ1) is 8.24. The summed E-state index contributed by atoms with van der Waals surface area (Å²) in [5.41, 5.74) is 0. The molecular formula is C8H16N3+. The number of rotatable bonds is 3. The number of hydrogen-bond acceptors (Lipinski definition) is 1. The van der Waals surface area contributed by atoms with Crippen LogP contribution < -0.4 is 4.57 Å². The van der Waals surface area contributed by atoms with Gasteiger partial charge in [0.25, 0.3) is 6.33 Å². The lowest BCUT2D eigenvalue weighted by Crippen LogP contribution is -2.29. The maximum atomic E-state index is 4.24. The minimum absolute atomic E-state index is 0.516. The quantitative estimate of drug-likeness (QED) is 0.599. The molecule has 1 heterocycles. The zero-order chi connectivity index (χ0) is 8.27. The fourth-order valence-electron chi connectivity index (χ4n) is 0.916. The lowest BCUT2D eigenvalue weighted by molar-refractivity contribution is -0.694. The fourth-order valence-corrected chi connectivity index (χ4v) is 0.916. The van der Waals surface area contributed by atoms with E-state index in [9.17, 15) is 0 Å². The molecule has 1 unspecified atom stereocenters. The Morgan fingerprint density at radius 3 is 2.73 bits per heavy atom. The van der Waals surface area contributed by atoms with Gasteiger partial charge in [-0.05, 0) is 20.3 Å². The molecule has 0 radical (unpaired) electrons. The van der Waals surface area contributed by atoms with Crippen LogP contribution in [0.4, 0.5) is 0 Å². The molecule has 0 aromatic carbocycles. The number of aryl methyl sites for hydroxylation is 1. The van der Waals surface area contributed by atoms with Crippen molar-refractivity contribution < 1.29 is 4.57 Å². The maximum absolute atomic E-state index is 4.24. The van der Waals surface area contributed by atoms with Crippen molar-refractivity contribution >= 4 is 0 Å². The molecule has 1 aromatic rings. The van der Waals surface area contributed by atoms with E-state index >= 15 is 0 Å². The van der Waals surface area contributed by atoms with Crippen molar-refractivity contribution in [2.45, 2.75) is 39.8 Å². The standard InChI is InChI=1S/C8H16N3/c1-4-8(3)11-7-10(5-2)6-9-11/h6-8H,4-5H2,1-3H3/q+1. The zero-order valence-electron chi connectivity index (χ0n) is 7.49. The molecule has 1 atom stereocenters. The molecule has 3 nitrogen and oxygen atoms in total. The van der Waals surface area contributed by atoms with Gasteiger partial charge in [0.1, 0.15) is 6.04 Å². The normalized spacial score (nSPS) is 13.4. The predicted molar refractivity (Wildman–Crippen MR) is 43.1 cm³/mol. The van der Waals surface area contributed by atoms with Crippen molar-refractivity contribution in [1.29, 1.82) is 0 Å². The molecule has 0 aliphatic carbocycles. The van der Waals surface area contributed by atoms with Gasteiger partial charge in [-0.2, -0.15) is 0 Å². The Morgan fingerprint density at radius 1 is 1.55 bits per heavy atom. The highest BCUT2D eigenvalue weighted by Crippen LogP contribution is 2.04. The van der Waals surface area contributed by atoms with Crippen LogP contribution >= 0.6 is 0 Å². The van der Waals surface area contributed by atoms with Gasteiger partial charge in [0.2, 0.25) is 6.33 Å². The summed E-state index contributed by atoms with van der Waals surface area (Å²) in [6, 6.07) is 0.516. The first-order valence-electron chi connectivity index (χ1n) is 4.21. The fraction of sp³-hybridized carbons (Fsp3) is 0.750. The van der Waals surface area contributed by atoms with Crippen molar-refractivity contribution in [2.75, 3.05) is 0 Å². The van der Waals surface area contributed by atoms with E-state index in [1.54, 1.807) is 0 Å². The van der Waals surface area contributed by atoms with Crippen LogP contribution in [0.25, 0.3) is 0 Å². The second-order valence-electron chi connectivity index (χ2n) is 2.81. The summed E-state index contributed by atoms with van der Waals surface area (Å²) in [4.78, 5) is 0. The van der Waals surface area contributed by atoms with E-state index in [1.165, 1.54) is 0 Å². The molecule has 11 heavy (non-hydrogen) atoms. The molecule has 0 spiro atoms. The first-order chi connectivity index (χ1) is 5.27. The predicted octanol–water partition coefficient (Wildman–Crippen LogP) is 1.16. The van der Waals surface area contributed by atoms with Crippen LogP contribution in [0.3, 0.4) is 0 Å². The molecule has 0 saturated carbocycles. The third-order valence-electron chi connectivity index (χ3n) is 2.01. The van der Waals surface area contributed by atoms with Gasteiger partial charge in [0.15, 0.2) is 0 Å². The molecule has 0 bridgehead atoms. The summed E-state index contributed by atoms with van der Waals surface area (Å²) in [6.07, 6.45) is 5.05. The van der Waals surface area contributed by atoms with E-state index in [2.05, 4.69) is 30.4 Å². The summed E-state index contributed by atoms with van der Waals surface area (Å²) in [6.45, 7) is 7.45. The minimum Gasteiger partial charge on any atom is -0.237 e. The summed E-state index contributed by atoms with van der Waals surface area (Å²) in [5.74, 6) is 0. The highest BCUT2D eigenvalue weighted by Gasteiger charge is 2.09. The summed E-state index contributed by atoms with van der Waals surface area (Å²) in [5, 5.41) is 4.24. The number of hydrogen-bond donors (Lipinski definition) is 0. The van der Waals surface area contributed by atoms with Crippen molar-refractivity contribution in [1.82, 2.24) is 9.78 Å². The topological polar surface area (TPSA) is 21.7 Å². The Balaban J connectivity index is 2.71. The monoisotopic (exact) mass is 154 g/mol. The maximum Gasteiger partial charge on any atom is 0.265 e. The molecule has 0 aliphatic rings. The zero-order valence-corrected chi connectivity index (χ0v) is 7.49. The molecule has 3 heteroatoms. The van der Waals surface area contributed by atoms with E-state index < -0.39 is 0 Å². The van der Waals surface area contributed by atoms with Crippen molar-refractivity contribution in [3.63, 3.8) is 0 Å². The molecule has 0 aliphatic heterocycles. The van der Waals surface area contributed by atoms with E-state index in [0.717, 1.165) is 13.0 Å². The minimum atomic E-state index is 0.516. The lowest BCUT2D eigenvalue weighted by atomic mass is 10.3. The summed E-state index contributed by atoms with van der Waals surface area (Å²) in [7, 11) is 0. The third kappa shape index (κ3) is 1.79. The van der Waals surface area contributed by atoms with Crippen LogP contribution in [0, 0.1) is 0 Å². The van der Waals surface area contributed by atoms with Gasteiger partial charge in [-0.25, -0.2) is 4.57 Å². The molecule has 1 aromatic heterocycles. The largest absolute Gasteiger partial charge is 0.265 e. The molecule has 0 fully saturated rings. The van der Waals surface area contributed by atoms with E-state index in [1.807, 2.05) is 17.3 Å². The van der Waals surface area contributed by atoms with Gasteiger partial charge in [-0.15, -0.1) is 4.68 Å². The number of aromatic nitrogens is 3. The Bertz CT molecular complexity index is 217. The first-order valence-corrected chi connectivity index (χ1v) is 4.21. The molecule has 0 saturated heterocycles. The molecule has 1 rings (SSSR count). The molecular weight excluding hydrogens is 138 g/mol. The van der Waals surface area contributed by atoms with Crippen LogP contribution in [0.2, 0.25) is 0 Å². The summed E-state index contributed by atoms with van der Waals surface area (Å²) < 4.78 is 4.08. The average molecular weight is 154 g/mol. The van der Waals surface area contributed by atoms with Crippen LogP contribution in [0.5, 0.6) is 0 Å². The highest BCUT2D eigenvalue weighted by molar-refractivity contribution is 4.56. The second-order valence-corrected chi connectivity index (χ2v) is 2.81. The van der Waals surface area contributed by atoms with E-state index in [4.69, 9.17) is 0 Å². The Hall–Kier alpha value is -0.860. The smallest absolute Gasteiger partial charge is 0.237 e. The number of nitrogens with zero attached hydrogens (tertiary/aromatic N) is 3. The highest BCUT2D eigenvalue weighted by atomic mass is 15.4. The molecule has 62 valence electrons. The van der Waals surface area contributed by atoms with Crippen LogP contribution in [0.1, 0.15) is 33.2 Å². The van der Waals surface area contributed by atoms with Crippen LogP contribution in [-0.2, 0) is 6.54 Å². The van der Waals surface area contributed by atoms with Crippen LogP contribution in [-0.4, -0.2) is 9.78 Å². The SMILES string of the molecule is CCC(C)n1c[n+](CC)cn1. The van der Waals surface area contributed by atoms with Gasteiger partial charge >= 0.3 is 0 Å². The summed E-state index contributed by atoms with van der Waals surface area (Å²) >= 11 is 0. The Morgan fingerprint density at radius 2 is 2.27 bits per heavy atom. The second kappa shape index (κ2) is 3.51. The molecule has 0 amide bonds. The van der Waals surface area contributed by atoms with Gasteiger partial charge in [0.05, 0.1) is 6.54 Å². The van der Waals surface area contributed by atoms with Gasteiger partial charge in [-0.1, -0.05) is 6.92 Å².